The van der Waals surface area contributed by atoms with Crippen molar-refractivity contribution >= 4 is 17.8 Å². The SMILES string of the molecule is CC=C(C(=O)OC)c1ccccc1COc1ccc(C=NOCCc2ccccc2)cc1C. The molecule has 0 N–H and O–H groups in total. The van der Waals surface area contributed by atoms with Crippen LogP contribution in [0.3, 0.4) is 0 Å². The number of rotatable bonds is 10. The summed E-state index contributed by atoms with van der Waals surface area (Å²) in [7, 11) is 1.38. The maximum atomic E-state index is 12.1. The molecule has 0 spiro atoms. The highest BCUT2D eigenvalue weighted by molar-refractivity contribution is 6.16. The van der Waals surface area contributed by atoms with Gasteiger partial charge in [-0.3, -0.25) is 0 Å². The van der Waals surface area contributed by atoms with Crippen LogP contribution in [0.15, 0.2) is 84.0 Å². The Balaban J connectivity index is 1.58. The fourth-order valence-electron chi connectivity index (χ4n) is 3.43. The number of nitrogens with zero attached hydrogens (tertiary/aromatic N) is 1. The summed E-state index contributed by atoms with van der Waals surface area (Å²) in [6, 6.07) is 23.7. The minimum absolute atomic E-state index is 0.335. The van der Waals surface area contributed by atoms with Crippen molar-refractivity contribution < 1.29 is 19.1 Å². The van der Waals surface area contributed by atoms with E-state index in [1.54, 1.807) is 12.3 Å². The molecule has 33 heavy (non-hydrogen) atoms. The summed E-state index contributed by atoms with van der Waals surface area (Å²) in [6.07, 6.45) is 4.27. The molecule has 0 unspecified atom stereocenters. The summed E-state index contributed by atoms with van der Waals surface area (Å²) in [5.74, 6) is 0.405. The molecule has 0 aliphatic heterocycles. The molecule has 0 aromatic heterocycles. The van der Waals surface area contributed by atoms with E-state index in [2.05, 4.69) is 17.3 Å². The molecule has 170 valence electrons. The molecular weight excluding hydrogens is 414 g/mol. The predicted molar refractivity (Wildman–Crippen MR) is 131 cm³/mol. The third kappa shape index (κ3) is 6.81. The first-order valence-electron chi connectivity index (χ1n) is 10.9. The number of ether oxygens (including phenoxy) is 2. The van der Waals surface area contributed by atoms with Gasteiger partial charge in [-0.05, 0) is 59.9 Å². The molecule has 5 nitrogen and oxygen atoms in total. The molecule has 3 rings (SSSR count). The third-order valence-corrected chi connectivity index (χ3v) is 5.18. The number of oxime groups is 1. The van der Waals surface area contributed by atoms with E-state index in [4.69, 9.17) is 14.3 Å². The number of carbonyl (C=O) groups excluding carboxylic acids is 1. The summed E-state index contributed by atoms with van der Waals surface area (Å²) in [6.45, 7) is 4.67. The molecular formula is C28H29NO4. The van der Waals surface area contributed by atoms with Crippen LogP contribution >= 0.6 is 0 Å². The van der Waals surface area contributed by atoms with Gasteiger partial charge >= 0.3 is 5.97 Å². The van der Waals surface area contributed by atoms with Gasteiger partial charge in [-0.2, -0.15) is 0 Å². The second-order valence-corrected chi connectivity index (χ2v) is 7.47. The van der Waals surface area contributed by atoms with Crippen molar-refractivity contribution in [1.29, 1.82) is 0 Å². The highest BCUT2D eigenvalue weighted by Crippen LogP contribution is 2.24. The number of allylic oxidation sites excluding steroid dienone is 1. The van der Waals surface area contributed by atoms with Crippen LogP contribution in [0.5, 0.6) is 5.75 Å². The van der Waals surface area contributed by atoms with Gasteiger partial charge in [0.25, 0.3) is 0 Å². The first kappa shape index (κ1) is 23.8. The minimum atomic E-state index is -0.365. The number of methoxy groups -OCH3 is 1. The molecule has 3 aromatic rings. The van der Waals surface area contributed by atoms with Gasteiger partial charge < -0.3 is 14.3 Å². The molecule has 3 aromatic carbocycles. The van der Waals surface area contributed by atoms with Crippen molar-refractivity contribution in [1.82, 2.24) is 0 Å². The van der Waals surface area contributed by atoms with Crippen LogP contribution in [0.1, 0.15) is 34.7 Å². The lowest BCUT2D eigenvalue weighted by Crippen LogP contribution is -2.08. The number of esters is 1. The molecule has 0 radical (unpaired) electrons. The topological polar surface area (TPSA) is 57.1 Å². The van der Waals surface area contributed by atoms with E-state index in [0.29, 0.717) is 18.8 Å². The largest absolute Gasteiger partial charge is 0.489 e. The monoisotopic (exact) mass is 443 g/mol. The Hall–Kier alpha value is -3.86. The summed E-state index contributed by atoms with van der Waals surface area (Å²) >= 11 is 0. The summed E-state index contributed by atoms with van der Waals surface area (Å²) in [5, 5.41) is 4.07. The van der Waals surface area contributed by atoms with Crippen molar-refractivity contribution in [3.05, 3.63) is 107 Å². The van der Waals surface area contributed by atoms with Crippen molar-refractivity contribution in [2.24, 2.45) is 5.16 Å². The average Bonchev–Trinajstić information content (AvgIpc) is 2.85. The van der Waals surface area contributed by atoms with E-state index in [1.165, 1.54) is 12.7 Å². The molecule has 0 saturated heterocycles. The highest BCUT2D eigenvalue weighted by Gasteiger charge is 2.15. The molecule has 0 amide bonds. The summed E-state index contributed by atoms with van der Waals surface area (Å²) in [4.78, 5) is 17.5. The van der Waals surface area contributed by atoms with Crippen molar-refractivity contribution in [2.75, 3.05) is 13.7 Å². The van der Waals surface area contributed by atoms with Crippen LogP contribution in [0, 0.1) is 6.92 Å². The number of hydrogen-bond donors (Lipinski definition) is 0. The average molecular weight is 444 g/mol. The standard InChI is InChI=1S/C28H29NO4/c1-4-25(28(30)31-3)26-13-9-8-12-24(26)20-32-27-15-14-23(18-21(27)2)19-29-33-17-16-22-10-6-5-7-11-22/h4-15,18-19H,16-17,20H2,1-3H3. The third-order valence-electron chi connectivity index (χ3n) is 5.18. The Morgan fingerprint density at radius 3 is 2.48 bits per heavy atom. The number of benzene rings is 3. The van der Waals surface area contributed by atoms with E-state index in [9.17, 15) is 4.79 Å². The number of carbonyl (C=O) groups is 1. The first-order valence-corrected chi connectivity index (χ1v) is 10.9. The molecule has 5 heteroatoms. The lowest BCUT2D eigenvalue weighted by molar-refractivity contribution is -0.133. The van der Waals surface area contributed by atoms with Gasteiger partial charge in [0.15, 0.2) is 0 Å². The van der Waals surface area contributed by atoms with Gasteiger partial charge in [0.2, 0.25) is 0 Å². The molecule has 0 aliphatic carbocycles. The lowest BCUT2D eigenvalue weighted by atomic mass is 10.00. The van der Waals surface area contributed by atoms with Gasteiger partial charge in [-0.25, -0.2) is 4.79 Å². The van der Waals surface area contributed by atoms with Crippen molar-refractivity contribution in [3.63, 3.8) is 0 Å². The maximum Gasteiger partial charge on any atom is 0.338 e. The fraction of sp³-hybridized carbons (Fsp3) is 0.214. The molecule has 0 heterocycles. The maximum absolute atomic E-state index is 12.1. The molecule has 0 saturated carbocycles. The Labute approximate surface area is 195 Å². The van der Waals surface area contributed by atoms with Gasteiger partial charge in [0.1, 0.15) is 19.0 Å². The fourth-order valence-corrected chi connectivity index (χ4v) is 3.43. The first-order chi connectivity index (χ1) is 16.1. The van der Waals surface area contributed by atoms with Crippen molar-refractivity contribution in [2.45, 2.75) is 26.9 Å². The van der Waals surface area contributed by atoms with Gasteiger partial charge in [0, 0.05) is 6.42 Å². The van der Waals surface area contributed by atoms with Gasteiger partial charge in [-0.1, -0.05) is 65.8 Å². The Bertz CT molecular complexity index is 1120. The smallest absolute Gasteiger partial charge is 0.338 e. The van der Waals surface area contributed by atoms with Gasteiger partial charge in [0.05, 0.1) is 18.9 Å². The van der Waals surface area contributed by atoms with Crippen LogP contribution in [-0.2, 0) is 27.4 Å². The zero-order valence-corrected chi connectivity index (χ0v) is 19.3. The second kappa shape index (κ2) is 12.2. The van der Waals surface area contributed by atoms with Gasteiger partial charge in [-0.15, -0.1) is 0 Å². The van der Waals surface area contributed by atoms with Crippen LogP contribution in [0.2, 0.25) is 0 Å². The van der Waals surface area contributed by atoms with E-state index >= 15 is 0 Å². The van der Waals surface area contributed by atoms with E-state index in [-0.39, 0.29) is 5.97 Å². The van der Waals surface area contributed by atoms with E-state index in [1.807, 2.05) is 74.5 Å². The van der Waals surface area contributed by atoms with Crippen LogP contribution in [0.4, 0.5) is 0 Å². The number of aryl methyl sites for hydroxylation is 1. The zero-order valence-electron chi connectivity index (χ0n) is 19.3. The van der Waals surface area contributed by atoms with E-state index < -0.39 is 0 Å². The molecule has 0 aliphatic rings. The zero-order chi connectivity index (χ0) is 23.5. The predicted octanol–water partition coefficient (Wildman–Crippen LogP) is 5.74. The highest BCUT2D eigenvalue weighted by atomic mass is 16.6. The van der Waals surface area contributed by atoms with Crippen molar-refractivity contribution in [3.8, 4) is 5.75 Å². The Morgan fingerprint density at radius 2 is 1.76 bits per heavy atom. The molecule has 0 fully saturated rings. The summed E-state index contributed by atoms with van der Waals surface area (Å²) in [5.41, 5.74) is 5.38. The van der Waals surface area contributed by atoms with Crippen LogP contribution < -0.4 is 4.74 Å². The minimum Gasteiger partial charge on any atom is -0.489 e. The van der Waals surface area contributed by atoms with Crippen LogP contribution in [0.25, 0.3) is 5.57 Å². The lowest BCUT2D eigenvalue weighted by Gasteiger charge is -2.14. The quantitative estimate of drug-likeness (QED) is 0.132. The van der Waals surface area contributed by atoms with Crippen LogP contribution in [-0.4, -0.2) is 25.9 Å². The summed E-state index contributed by atoms with van der Waals surface area (Å²) < 4.78 is 11.0. The van der Waals surface area contributed by atoms with E-state index in [0.717, 1.165) is 34.4 Å². The Kier molecular flexibility index (Phi) is 8.83. The normalized spacial score (nSPS) is 11.4. The Morgan fingerprint density at radius 1 is 1.00 bits per heavy atom. The second-order valence-electron chi connectivity index (χ2n) is 7.47. The molecule has 0 bridgehead atoms. The molecule has 0 atom stereocenters. The number of hydrogen-bond acceptors (Lipinski definition) is 5.